The standard InChI is InChI=1S/C16H18F3N5O3/c1-15(2,3)23-14-21-12(16(17,18)19)8-13(22-14)20-10-6-5-9(27-4)7-11(10)24(25)26/h5-8H,1-4H3,(H2,20,21,22,23). The lowest BCUT2D eigenvalue weighted by atomic mass is 10.1. The number of halogens is 3. The van der Waals surface area contributed by atoms with Crippen molar-refractivity contribution >= 4 is 23.1 Å². The van der Waals surface area contributed by atoms with E-state index in [0.29, 0.717) is 6.07 Å². The third-order valence-corrected chi connectivity index (χ3v) is 3.17. The van der Waals surface area contributed by atoms with E-state index in [1.54, 1.807) is 20.8 Å². The molecule has 0 atom stereocenters. The summed E-state index contributed by atoms with van der Waals surface area (Å²) >= 11 is 0. The average Bonchev–Trinajstić information content (AvgIpc) is 2.52. The van der Waals surface area contributed by atoms with Crippen molar-refractivity contribution in [2.75, 3.05) is 17.7 Å². The summed E-state index contributed by atoms with van der Waals surface area (Å²) in [7, 11) is 1.34. The number of nitrogens with zero attached hydrogens (tertiary/aromatic N) is 3. The number of nitrogens with one attached hydrogen (secondary N) is 2. The molecule has 146 valence electrons. The van der Waals surface area contributed by atoms with E-state index in [1.807, 2.05) is 0 Å². The molecule has 0 aliphatic rings. The molecule has 0 unspecified atom stereocenters. The van der Waals surface area contributed by atoms with Gasteiger partial charge < -0.3 is 15.4 Å². The summed E-state index contributed by atoms with van der Waals surface area (Å²) in [6, 6.07) is 4.60. The first kappa shape index (κ1) is 20.2. The maximum atomic E-state index is 13.2. The second kappa shape index (κ2) is 7.25. The van der Waals surface area contributed by atoms with Gasteiger partial charge in [-0.3, -0.25) is 10.1 Å². The molecule has 0 saturated heterocycles. The predicted molar refractivity (Wildman–Crippen MR) is 93.3 cm³/mol. The Morgan fingerprint density at radius 1 is 1.15 bits per heavy atom. The van der Waals surface area contributed by atoms with E-state index in [9.17, 15) is 23.3 Å². The minimum atomic E-state index is -4.71. The zero-order chi connectivity index (χ0) is 20.4. The normalized spacial score (nSPS) is 11.8. The lowest BCUT2D eigenvalue weighted by molar-refractivity contribution is -0.384. The Bertz CT molecular complexity index is 850. The molecule has 1 heterocycles. The highest BCUT2D eigenvalue weighted by Crippen LogP contribution is 2.34. The minimum Gasteiger partial charge on any atom is -0.496 e. The van der Waals surface area contributed by atoms with Gasteiger partial charge in [0.2, 0.25) is 5.95 Å². The van der Waals surface area contributed by atoms with Crippen LogP contribution in [0.1, 0.15) is 26.5 Å². The van der Waals surface area contributed by atoms with Crippen LogP contribution in [0.2, 0.25) is 0 Å². The van der Waals surface area contributed by atoms with Gasteiger partial charge in [-0.15, -0.1) is 0 Å². The van der Waals surface area contributed by atoms with Crippen molar-refractivity contribution in [2.24, 2.45) is 0 Å². The fourth-order valence-corrected chi connectivity index (χ4v) is 2.08. The lowest BCUT2D eigenvalue weighted by Gasteiger charge is -2.21. The van der Waals surface area contributed by atoms with Crippen LogP contribution in [0.15, 0.2) is 24.3 Å². The molecule has 27 heavy (non-hydrogen) atoms. The molecule has 2 rings (SSSR count). The molecule has 0 amide bonds. The van der Waals surface area contributed by atoms with E-state index in [4.69, 9.17) is 4.74 Å². The quantitative estimate of drug-likeness (QED) is 0.582. The topological polar surface area (TPSA) is 102 Å². The summed E-state index contributed by atoms with van der Waals surface area (Å²) < 4.78 is 44.4. The smallest absolute Gasteiger partial charge is 0.433 e. The van der Waals surface area contributed by atoms with Crippen LogP contribution in [0.25, 0.3) is 0 Å². The molecule has 1 aromatic carbocycles. The maximum Gasteiger partial charge on any atom is 0.433 e. The van der Waals surface area contributed by atoms with E-state index in [0.717, 1.165) is 6.07 Å². The molecule has 1 aromatic heterocycles. The summed E-state index contributed by atoms with van der Waals surface area (Å²) in [5, 5.41) is 16.6. The number of hydrogen-bond acceptors (Lipinski definition) is 7. The van der Waals surface area contributed by atoms with Gasteiger partial charge in [0.05, 0.1) is 18.1 Å². The van der Waals surface area contributed by atoms with Crippen LogP contribution in [0.4, 0.5) is 36.3 Å². The lowest BCUT2D eigenvalue weighted by Crippen LogP contribution is -2.28. The van der Waals surface area contributed by atoms with Crippen LogP contribution >= 0.6 is 0 Å². The Kier molecular flexibility index (Phi) is 5.43. The number of aromatic nitrogens is 2. The number of rotatable bonds is 5. The summed E-state index contributed by atoms with van der Waals surface area (Å²) in [5.41, 5.74) is -2.17. The van der Waals surface area contributed by atoms with Crippen molar-refractivity contribution in [1.29, 1.82) is 0 Å². The Hall–Kier alpha value is -3.11. The molecule has 0 spiro atoms. The molecule has 2 N–H and O–H groups in total. The van der Waals surface area contributed by atoms with Crippen LogP contribution in [0.5, 0.6) is 5.75 Å². The number of nitro groups is 1. The Morgan fingerprint density at radius 2 is 1.81 bits per heavy atom. The number of alkyl halides is 3. The third-order valence-electron chi connectivity index (χ3n) is 3.17. The number of nitro benzene ring substituents is 1. The molecule has 0 aliphatic carbocycles. The van der Waals surface area contributed by atoms with Crippen LogP contribution in [-0.4, -0.2) is 27.5 Å². The summed E-state index contributed by atoms with van der Waals surface area (Å²) in [6.45, 7) is 5.20. The number of anilines is 3. The molecule has 2 aromatic rings. The third kappa shape index (κ3) is 5.43. The summed E-state index contributed by atoms with van der Waals surface area (Å²) in [5.74, 6) is -0.255. The average molecular weight is 385 g/mol. The van der Waals surface area contributed by atoms with Gasteiger partial charge in [0.25, 0.3) is 5.69 Å². The first-order chi connectivity index (χ1) is 12.4. The first-order valence-corrected chi connectivity index (χ1v) is 7.73. The molecule has 0 fully saturated rings. The minimum absolute atomic E-state index is 0.0330. The van der Waals surface area contributed by atoms with Crippen LogP contribution in [-0.2, 0) is 6.18 Å². The Morgan fingerprint density at radius 3 is 2.33 bits per heavy atom. The van der Waals surface area contributed by atoms with E-state index in [-0.39, 0.29) is 28.9 Å². The largest absolute Gasteiger partial charge is 0.496 e. The Labute approximate surface area is 152 Å². The predicted octanol–water partition coefficient (Wildman–Crippen LogP) is 4.37. The number of hydrogen-bond donors (Lipinski definition) is 2. The van der Waals surface area contributed by atoms with E-state index in [2.05, 4.69) is 20.6 Å². The molecule has 0 saturated carbocycles. The Balaban J connectivity index is 2.49. The zero-order valence-corrected chi connectivity index (χ0v) is 15.0. The van der Waals surface area contributed by atoms with Gasteiger partial charge in [-0.1, -0.05) is 0 Å². The molecule has 0 bridgehead atoms. The second-order valence-electron chi connectivity index (χ2n) is 6.60. The van der Waals surface area contributed by atoms with Gasteiger partial charge in [-0.25, -0.2) is 4.98 Å². The molecule has 8 nitrogen and oxygen atoms in total. The SMILES string of the molecule is COc1ccc(Nc2cc(C(F)(F)F)nc(NC(C)(C)C)n2)c([N+](=O)[O-])c1. The van der Waals surface area contributed by atoms with E-state index < -0.39 is 22.3 Å². The number of benzene rings is 1. The first-order valence-electron chi connectivity index (χ1n) is 7.73. The highest BCUT2D eigenvalue weighted by Gasteiger charge is 2.34. The van der Waals surface area contributed by atoms with E-state index >= 15 is 0 Å². The van der Waals surface area contributed by atoms with Crippen LogP contribution in [0.3, 0.4) is 0 Å². The van der Waals surface area contributed by atoms with E-state index in [1.165, 1.54) is 19.2 Å². The van der Waals surface area contributed by atoms with Gasteiger partial charge in [0, 0.05) is 11.6 Å². The van der Waals surface area contributed by atoms with Gasteiger partial charge in [0.15, 0.2) is 5.69 Å². The summed E-state index contributed by atoms with van der Waals surface area (Å²) in [4.78, 5) is 18.0. The van der Waals surface area contributed by atoms with Crippen LogP contribution < -0.4 is 15.4 Å². The molecular formula is C16H18F3N5O3. The van der Waals surface area contributed by atoms with Crippen molar-refractivity contribution in [3.63, 3.8) is 0 Å². The van der Waals surface area contributed by atoms with Crippen molar-refractivity contribution in [3.05, 3.63) is 40.1 Å². The van der Waals surface area contributed by atoms with Crippen molar-refractivity contribution < 1.29 is 22.8 Å². The summed E-state index contributed by atoms with van der Waals surface area (Å²) in [6.07, 6.45) is -4.71. The number of methoxy groups -OCH3 is 1. The molecule has 11 heteroatoms. The fourth-order valence-electron chi connectivity index (χ4n) is 2.08. The molecular weight excluding hydrogens is 367 g/mol. The molecule has 0 radical (unpaired) electrons. The van der Waals surface area contributed by atoms with Crippen molar-refractivity contribution in [3.8, 4) is 5.75 Å². The number of ether oxygens (including phenoxy) is 1. The fraction of sp³-hybridized carbons (Fsp3) is 0.375. The zero-order valence-electron chi connectivity index (χ0n) is 15.0. The second-order valence-corrected chi connectivity index (χ2v) is 6.60. The highest BCUT2D eigenvalue weighted by molar-refractivity contribution is 5.70. The van der Waals surface area contributed by atoms with Gasteiger partial charge in [-0.2, -0.15) is 18.2 Å². The molecule has 0 aliphatic heterocycles. The van der Waals surface area contributed by atoms with Crippen LogP contribution in [0, 0.1) is 10.1 Å². The maximum absolute atomic E-state index is 13.2. The van der Waals surface area contributed by atoms with Gasteiger partial charge in [0.1, 0.15) is 17.3 Å². The highest BCUT2D eigenvalue weighted by atomic mass is 19.4. The van der Waals surface area contributed by atoms with Crippen molar-refractivity contribution in [1.82, 2.24) is 9.97 Å². The van der Waals surface area contributed by atoms with Crippen molar-refractivity contribution in [2.45, 2.75) is 32.5 Å². The van der Waals surface area contributed by atoms with Gasteiger partial charge in [-0.05, 0) is 32.9 Å². The van der Waals surface area contributed by atoms with Gasteiger partial charge >= 0.3 is 6.18 Å². The monoisotopic (exact) mass is 385 g/mol.